The van der Waals surface area contributed by atoms with Gasteiger partial charge in [0, 0.05) is 18.0 Å². The lowest BCUT2D eigenvalue weighted by atomic mass is 10.1. The standard InChI is InChI=1S/C16H19N3OS/c1-10-4-5-11(2)14(12(10)3)20-15-13(6-7-17)19-8-9-21-16(19)18-15/h4-5,8-9H,6-7,17H2,1-3H3. The SMILES string of the molecule is Cc1ccc(C)c(Oc2nc3sccn3c2CCN)c1C. The Morgan fingerprint density at radius 2 is 2.00 bits per heavy atom. The quantitative estimate of drug-likeness (QED) is 0.801. The Kier molecular flexibility index (Phi) is 3.69. The number of aryl methyl sites for hydroxylation is 2. The first kappa shape index (κ1) is 14.1. The highest BCUT2D eigenvalue weighted by molar-refractivity contribution is 7.15. The fraction of sp³-hybridized carbons (Fsp3) is 0.312. The molecule has 4 nitrogen and oxygen atoms in total. The summed E-state index contributed by atoms with van der Waals surface area (Å²) in [6, 6.07) is 4.20. The zero-order valence-electron chi connectivity index (χ0n) is 12.5. The minimum absolute atomic E-state index is 0.575. The van der Waals surface area contributed by atoms with Gasteiger partial charge in [-0.25, -0.2) is 0 Å². The number of hydrogen-bond donors (Lipinski definition) is 1. The molecule has 0 aliphatic heterocycles. The van der Waals surface area contributed by atoms with Crippen molar-refractivity contribution < 1.29 is 4.74 Å². The van der Waals surface area contributed by atoms with Gasteiger partial charge in [0.2, 0.25) is 5.88 Å². The van der Waals surface area contributed by atoms with Crippen LogP contribution in [0, 0.1) is 20.8 Å². The Morgan fingerprint density at radius 3 is 2.76 bits per heavy atom. The van der Waals surface area contributed by atoms with E-state index in [1.54, 1.807) is 11.3 Å². The average Bonchev–Trinajstić information content (AvgIpc) is 3.02. The predicted molar refractivity (Wildman–Crippen MR) is 86.6 cm³/mol. The number of rotatable bonds is 4. The van der Waals surface area contributed by atoms with Gasteiger partial charge in [-0.1, -0.05) is 12.1 Å². The summed E-state index contributed by atoms with van der Waals surface area (Å²) in [6.45, 7) is 6.81. The van der Waals surface area contributed by atoms with Gasteiger partial charge in [-0.3, -0.25) is 4.40 Å². The molecule has 3 rings (SSSR count). The number of benzene rings is 1. The maximum atomic E-state index is 6.17. The van der Waals surface area contributed by atoms with Crippen LogP contribution >= 0.6 is 11.3 Å². The molecule has 2 N–H and O–H groups in total. The van der Waals surface area contributed by atoms with Crippen molar-refractivity contribution in [2.45, 2.75) is 27.2 Å². The highest BCUT2D eigenvalue weighted by atomic mass is 32.1. The van der Waals surface area contributed by atoms with Crippen LogP contribution in [0.15, 0.2) is 23.7 Å². The molecule has 0 aliphatic carbocycles. The van der Waals surface area contributed by atoms with Gasteiger partial charge in [0.1, 0.15) is 5.75 Å². The van der Waals surface area contributed by atoms with Crippen molar-refractivity contribution in [3.63, 3.8) is 0 Å². The van der Waals surface area contributed by atoms with Gasteiger partial charge >= 0.3 is 0 Å². The van der Waals surface area contributed by atoms with Crippen LogP contribution in [0.25, 0.3) is 4.96 Å². The molecular formula is C16H19N3OS. The maximum Gasteiger partial charge on any atom is 0.242 e. The van der Waals surface area contributed by atoms with Crippen molar-refractivity contribution in [2.75, 3.05) is 6.54 Å². The minimum atomic E-state index is 0.575. The normalized spacial score (nSPS) is 11.2. The number of ether oxygens (including phenoxy) is 1. The molecule has 0 saturated heterocycles. The van der Waals surface area contributed by atoms with E-state index >= 15 is 0 Å². The predicted octanol–water partition coefficient (Wildman–Crippen LogP) is 3.61. The highest BCUT2D eigenvalue weighted by Gasteiger charge is 2.17. The average molecular weight is 301 g/mol. The van der Waals surface area contributed by atoms with Crippen molar-refractivity contribution >= 4 is 16.3 Å². The molecule has 0 radical (unpaired) electrons. The second-order valence-corrected chi connectivity index (χ2v) is 6.09. The Bertz CT molecular complexity index is 788. The molecule has 0 fully saturated rings. The van der Waals surface area contributed by atoms with Gasteiger partial charge in [0.15, 0.2) is 4.96 Å². The minimum Gasteiger partial charge on any atom is -0.437 e. The summed E-state index contributed by atoms with van der Waals surface area (Å²) < 4.78 is 8.23. The van der Waals surface area contributed by atoms with Crippen LogP contribution in [-0.2, 0) is 6.42 Å². The van der Waals surface area contributed by atoms with Crippen molar-refractivity contribution in [1.29, 1.82) is 0 Å². The molecule has 0 bridgehead atoms. The molecule has 110 valence electrons. The first-order valence-electron chi connectivity index (χ1n) is 7.01. The number of imidazole rings is 1. The van der Waals surface area contributed by atoms with E-state index < -0.39 is 0 Å². The lowest BCUT2D eigenvalue weighted by Crippen LogP contribution is -2.06. The van der Waals surface area contributed by atoms with E-state index in [9.17, 15) is 0 Å². The Morgan fingerprint density at radius 1 is 1.24 bits per heavy atom. The van der Waals surface area contributed by atoms with E-state index in [0.717, 1.165) is 34.0 Å². The molecule has 0 aliphatic rings. The van der Waals surface area contributed by atoms with E-state index in [1.807, 2.05) is 11.6 Å². The lowest BCUT2D eigenvalue weighted by Gasteiger charge is -2.13. The lowest BCUT2D eigenvalue weighted by molar-refractivity contribution is 0.452. The summed E-state index contributed by atoms with van der Waals surface area (Å²) in [4.78, 5) is 5.54. The molecular weight excluding hydrogens is 282 g/mol. The number of aromatic nitrogens is 2. The van der Waals surface area contributed by atoms with Crippen LogP contribution in [0.1, 0.15) is 22.4 Å². The topological polar surface area (TPSA) is 52.5 Å². The Hall–Kier alpha value is -1.85. The van der Waals surface area contributed by atoms with Gasteiger partial charge in [-0.15, -0.1) is 11.3 Å². The number of nitrogens with zero attached hydrogens (tertiary/aromatic N) is 2. The second-order valence-electron chi connectivity index (χ2n) is 5.21. The summed E-state index contributed by atoms with van der Waals surface area (Å²) in [6.07, 6.45) is 2.76. The fourth-order valence-corrected chi connectivity index (χ4v) is 3.16. The summed E-state index contributed by atoms with van der Waals surface area (Å²) >= 11 is 1.60. The number of nitrogens with two attached hydrogens (primary N) is 1. The molecule has 0 saturated carbocycles. The van der Waals surface area contributed by atoms with E-state index in [4.69, 9.17) is 10.5 Å². The molecule has 21 heavy (non-hydrogen) atoms. The zero-order valence-corrected chi connectivity index (χ0v) is 13.3. The third-order valence-electron chi connectivity index (χ3n) is 3.78. The van der Waals surface area contributed by atoms with Crippen molar-refractivity contribution in [1.82, 2.24) is 9.38 Å². The summed E-state index contributed by atoms with van der Waals surface area (Å²) in [5.74, 6) is 1.57. The number of thiazole rings is 1. The van der Waals surface area contributed by atoms with Crippen molar-refractivity contribution in [3.8, 4) is 11.6 Å². The van der Waals surface area contributed by atoms with Crippen LogP contribution in [0.5, 0.6) is 11.6 Å². The Balaban J connectivity index is 2.08. The Labute approximate surface area is 128 Å². The molecule has 0 unspecified atom stereocenters. The molecule has 5 heteroatoms. The van der Waals surface area contributed by atoms with E-state index in [-0.39, 0.29) is 0 Å². The van der Waals surface area contributed by atoms with Crippen molar-refractivity contribution in [3.05, 3.63) is 46.1 Å². The molecule has 0 atom stereocenters. The monoisotopic (exact) mass is 301 g/mol. The van der Waals surface area contributed by atoms with Crippen LogP contribution in [0.3, 0.4) is 0 Å². The third kappa shape index (κ3) is 2.43. The van der Waals surface area contributed by atoms with Gasteiger partial charge < -0.3 is 10.5 Å². The molecule has 2 heterocycles. The summed E-state index contributed by atoms with van der Waals surface area (Å²) in [5.41, 5.74) is 10.3. The van der Waals surface area contributed by atoms with Gasteiger partial charge in [0.05, 0.1) is 5.69 Å². The highest BCUT2D eigenvalue weighted by Crippen LogP contribution is 2.33. The van der Waals surface area contributed by atoms with Gasteiger partial charge in [-0.2, -0.15) is 4.98 Å². The first-order chi connectivity index (χ1) is 10.1. The van der Waals surface area contributed by atoms with Crippen LogP contribution in [0.2, 0.25) is 0 Å². The van der Waals surface area contributed by atoms with Gasteiger partial charge in [-0.05, 0) is 44.0 Å². The molecule has 2 aromatic heterocycles. The molecule has 1 aromatic carbocycles. The summed E-state index contributed by atoms with van der Waals surface area (Å²) in [7, 11) is 0. The second kappa shape index (κ2) is 5.50. The molecule has 3 aromatic rings. The van der Waals surface area contributed by atoms with Crippen LogP contribution < -0.4 is 10.5 Å². The first-order valence-corrected chi connectivity index (χ1v) is 7.89. The number of fused-ring (bicyclic) bond motifs is 1. The van der Waals surface area contributed by atoms with Crippen molar-refractivity contribution in [2.24, 2.45) is 5.73 Å². The fourth-order valence-electron chi connectivity index (χ4n) is 2.44. The van der Waals surface area contributed by atoms with E-state index in [0.29, 0.717) is 12.4 Å². The maximum absolute atomic E-state index is 6.17. The van der Waals surface area contributed by atoms with Gasteiger partial charge in [0.25, 0.3) is 0 Å². The van der Waals surface area contributed by atoms with Crippen LogP contribution in [0.4, 0.5) is 0 Å². The molecule has 0 spiro atoms. The molecule has 0 amide bonds. The summed E-state index contributed by atoms with van der Waals surface area (Å²) in [5, 5.41) is 2.02. The van der Waals surface area contributed by atoms with Crippen LogP contribution in [-0.4, -0.2) is 15.9 Å². The smallest absolute Gasteiger partial charge is 0.242 e. The largest absolute Gasteiger partial charge is 0.437 e. The van der Waals surface area contributed by atoms with E-state index in [1.165, 1.54) is 5.56 Å². The third-order valence-corrected chi connectivity index (χ3v) is 4.53. The number of hydrogen-bond acceptors (Lipinski definition) is 4. The van der Waals surface area contributed by atoms with E-state index in [2.05, 4.69) is 42.3 Å². The zero-order chi connectivity index (χ0) is 15.0.